The lowest BCUT2D eigenvalue weighted by atomic mass is 10.1. The third-order valence-electron chi connectivity index (χ3n) is 3.28. The van der Waals surface area contributed by atoms with Crippen LogP contribution in [0, 0.1) is 5.82 Å². The molecule has 1 aliphatic heterocycles. The van der Waals surface area contributed by atoms with Crippen LogP contribution in [0.15, 0.2) is 42.5 Å². The zero-order valence-electron chi connectivity index (χ0n) is 11.3. The summed E-state index contributed by atoms with van der Waals surface area (Å²) in [6.45, 7) is 0.471. The number of fused-ring (bicyclic) bond motifs is 1. The summed E-state index contributed by atoms with van der Waals surface area (Å²) in [6.07, 6.45) is 0.435. The molecular weight excluding hydrogens is 273 g/mol. The topological polar surface area (TPSA) is 47.6 Å². The van der Waals surface area contributed by atoms with E-state index < -0.39 is 0 Å². The maximum atomic E-state index is 13.5. The second-order valence-corrected chi connectivity index (χ2v) is 4.64. The quantitative estimate of drug-likeness (QED) is 0.940. The zero-order valence-corrected chi connectivity index (χ0v) is 11.3. The van der Waals surface area contributed by atoms with E-state index in [4.69, 9.17) is 9.47 Å². The number of hydrogen-bond acceptors (Lipinski definition) is 3. The minimum absolute atomic E-state index is 0.120. The van der Waals surface area contributed by atoms with Crippen molar-refractivity contribution in [1.29, 1.82) is 0 Å². The van der Waals surface area contributed by atoms with Crippen molar-refractivity contribution in [3.05, 3.63) is 59.4 Å². The number of hydrogen-bond donors (Lipinski definition) is 1. The van der Waals surface area contributed by atoms with Crippen LogP contribution in [0.3, 0.4) is 0 Å². The number of amides is 1. The molecule has 0 radical (unpaired) electrons. The molecule has 3 rings (SSSR count). The molecule has 4 nitrogen and oxygen atoms in total. The molecule has 0 atom stereocenters. The molecule has 1 aliphatic rings. The Hall–Kier alpha value is -2.56. The monoisotopic (exact) mass is 287 g/mol. The number of rotatable bonds is 4. The van der Waals surface area contributed by atoms with Crippen molar-refractivity contribution in [1.82, 2.24) is 5.32 Å². The van der Waals surface area contributed by atoms with Gasteiger partial charge in [-0.25, -0.2) is 4.39 Å². The Labute approximate surface area is 121 Å². The Kier molecular flexibility index (Phi) is 3.73. The van der Waals surface area contributed by atoms with E-state index >= 15 is 0 Å². The second-order valence-electron chi connectivity index (χ2n) is 4.64. The molecule has 5 heteroatoms. The number of carbonyl (C=O) groups excluding carboxylic acids is 1. The minimum atomic E-state index is -0.260. The van der Waals surface area contributed by atoms with Gasteiger partial charge < -0.3 is 14.8 Å². The molecule has 1 amide bonds. The van der Waals surface area contributed by atoms with Gasteiger partial charge in [0.15, 0.2) is 11.5 Å². The smallest absolute Gasteiger partial charge is 0.255 e. The molecule has 0 unspecified atom stereocenters. The van der Waals surface area contributed by atoms with Gasteiger partial charge in [-0.05, 0) is 30.2 Å². The van der Waals surface area contributed by atoms with Gasteiger partial charge in [0, 0.05) is 6.54 Å². The summed E-state index contributed by atoms with van der Waals surface area (Å²) in [6, 6.07) is 11.7. The molecule has 0 aromatic heterocycles. The van der Waals surface area contributed by atoms with Crippen molar-refractivity contribution in [2.24, 2.45) is 0 Å². The molecule has 2 aromatic carbocycles. The summed E-state index contributed by atoms with van der Waals surface area (Å²) >= 11 is 0. The largest absolute Gasteiger partial charge is 0.454 e. The fourth-order valence-electron chi connectivity index (χ4n) is 2.22. The lowest BCUT2D eigenvalue weighted by molar-refractivity contribution is 0.0949. The Morgan fingerprint density at radius 1 is 1.14 bits per heavy atom. The van der Waals surface area contributed by atoms with Crippen LogP contribution in [0.2, 0.25) is 0 Å². The first-order chi connectivity index (χ1) is 10.3. The van der Waals surface area contributed by atoms with Crippen LogP contribution < -0.4 is 14.8 Å². The van der Waals surface area contributed by atoms with Crippen molar-refractivity contribution in [3.63, 3.8) is 0 Å². The van der Waals surface area contributed by atoms with Crippen LogP contribution in [0.4, 0.5) is 4.39 Å². The summed E-state index contributed by atoms with van der Waals surface area (Å²) in [5.41, 5.74) is 1.01. The number of para-hydroxylation sites is 1. The zero-order chi connectivity index (χ0) is 14.7. The summed E-state index contributed by atoms with van der Waals surface area (Å²) in [5.74, 6) is 0.510. The Balaban J connectivity index is 1.63. The average molecular weight is 287 g/mol. The summed E-state index contributed by atoms with van der Waals surface area (Å²) < 4.78 is 24.0. The highest BCUT2D eigenvalue weighted by Crippen LogP contribution is 2.35. The molecule has 1 heterocycles. The van der Waals surface area contributed by atoms with E-state index in [0.29, 0.717) is 35.6 Å². The molecule has 0 spiro atoms. The Morgan fingerprint density at radius 2 is 2.00 bits per heavy atom. The van der Waals surface area contributed by atoms with Gasteiger partial charge in [0.1, 0.15) is 5.82 Å². The lowest BCUT2D eigenvalue weighted by Gasteiger charge is -2.08. The Morgan fingerprint density at radius 3 is 2.86 bits per heavy atom. The summed E-state index contributed by atoms with van der Waals surface area (Å²) in [5, 5.41) is 2.76. The molecule has 0 aliphatic carbocycles. The molecule has 0 saturated carbocycles. The van der Waals surface area contributed by atoms with Crippen molar-refractivity contribution in [3.8, 4) is 11.5 Å². The highest BCUT2D eigenvalue weighted by Gasteiger charge is 2.21. The normalized spacial score (nSPS) is 12.2. The predicted molar refractivity (Wildman–Crippen MR) is 75.0 cm³/mol. The molecule has 0 bridgehead atoms. The van der Waals surface area contributed by atoms with Gasteiger partial charge in [-0.3, -0.25) is 4.79 Å². The third-order valence-corrected chi connectivity index (χ3v) is 3.28. The fraction of sp³-hybridized carbons (Fsp3) is 0.188. The number of benzene rings is 2. The first-order valence-electron chi connectivity index (χ1n) is 6.66. The SMILES string of the molecule is O=C(NCCc1ccccc1F)c1cccc2c1OCO2. The van der Waals surface area contributed by atoms with Crippen LogP contribution in [0.1, 0.15) is 15.9 Å². The molecule has 21 heavy (non-hydrogen) atoms. The molecule has 1 N–H and O–H groups in total. The van der Waals surface area contributed by atoms with Gasteiger partial charge in [0.05, 0.1) is 5.56 Å². The fourth-order valence-corrected chi connectivity index (χ4v) is 2.22. The van der Waals surface area contributed by atoms with Crippen molar-refractivity contribution >= 4 is 5.91 Å². The van der Waals surface area contributed by atoms with Gasteiger partial charge in [-0.15, -0.1) is 0 Å². The van der Waals surface area contributed by atoms with E-state index in [1.165, 1.54) is 6.07 Å². The van der Waals surface area contributed by atoms with Gasteiger partial charge in [-0.2, -0.15) is 0 Å². The van der Waals surface area contributed by atoms with E-state index in [-0.39, 0.29) is 18.5 Å². The van der Waals surface area contributed by atoms with E-state index in [1.54, 1.807) is 36.4 Å². The summed E-state index contributed by atoms with van der Waals surface area (Å²) in [4.78, 5) is 12.1. The van der Waals surface area contributed by atoms with E-state index in [1.807, 2.05) is 0 Å². The predicted octanol–water partition coefficient (Wildman–Crippen LogP) is 2.53. The first kappa shape index (κ1) is 13.4. The number of halogens is 1. The molecule has 0 fully saturated rings. The third kappa shape index (κ3) is 2.81. The molecular formula is C16H14FNO3. The highest BCUT2D eigenvalue weighted by atomic mass is 19.1. The number of carbonyl (C=O) groups is 1. The minimum Gasteiger partial charge on any atom is -0.454 e. The van der Waals surface area contributed by atoms with Crippen LogP contribution in [0.5, 0.6) is 11.5 Å². The van der Waals surface area contributed by atoms with Gasteiger partial charge in [0.25, 0.3) is 5.91 Å². The molecule has 2 aromatic rings. The van der Waals surface area contributed by atoms with E-state index in [0.717, 1.165) is 0 Å². The molecule has 108 valence electrons. The number of ether oxygens (including phenoxy) is 2. The standard InChI is InChI=1S/C16H14FNO3/c17-13-6-2-1-4-11(13)8-9-18-16(19)12-5-3-7-14-15(12)21-10-20-14/h1-7H,8-10H2,(H,18,19). The maximum absolute atomic E-state index is 13.5. The van der Waals surface area contributed by atoms with Crippen molar-refractivity contribution < 1.29 is 18.7 Å². The highest BCUT2D eigenvalue weighted by molar-refractivity contribution is 5.97. The van der Waals surface area contributed by atoms with Gasteiger partial charge in [-0.1, -0.05) is 24.3 Å². The first-order valence-corrected chi connectivity index (χ1v) is 6.66. The van der Waals surface area contributed by atoms with Crippen molar-refractivity contribution in [2.75, 3.05) is 13.3 Å². The van der Waals surface area contributed by atoms with Crippen molar-refractivity contribution in [2.45, 2.75) is 6.42 Å². The van der Waals surface area contributed by atoms with Crippen LogP contribution in [0.25, 0.3) is 0 Å². The second kappa shape index (κ2) is 5.83. The average Bonchev–Trinajstić information content (AvgIpc) is 2.97. The van der Waals surface area contributed by atoms with Crippen LogP contribution in [-0.2, 0) is 6.42 Å². The van der Waals surface area contributed by atoms with Crippen LogP contribution in [-0.4, -0.2) is 19.2 Å². The number of nitrogens with one attached hydrogen (secondary N) is 1. The summed E-state index contributed by atoms with van der Waals surface area (Å²) in [7, 11) is 0. The molecule has 0 saturated heterocycles. The maximum Gasteiger partial charge on any atom is 0.255 e. The van der Waals surface area contributed by atoms with Crippen LogP contribution >= 0.6 is 0 Å². The van der Waals surface area contributed by atoms with Gasteiger partial charge >= 0.3 is 0 Å². The van der Waals surface area contributed by atoms with E-state index in [9.17, 15) is 9.18 Å². The Bertz CT molecular complexity index is 672. The van der Waals surface area contributed by atoms with Gasteiger partial charge in [0.2, 0.25) is 6.79 Å². The van der Waals surface area contributed by atoms with E-state index in [2.05, 4.69) is 5.32 Å². The lowest BCUT2D eigenvalue weighted by Crippen LogP contribution is -2.26.